The summed E-state index contributed by atoms with van der Waals surface area (Å²) in [5, 5.41) is 7.28. The summed E-state index contributed by atoms with van der Waals surface area (Å²) in [7, 11) is 0. The molecule has 1 heterocycles. The van der Waals surface area contributed by atoms with Crippen molar-refractivity contribution in [2.24, 2.45) is 5.10 Å². The Balaban J connectivity index is 1.40. The van der Waals surface area contributed by atoms with Gasteiger partial charge in [0.2, 0.25) is 0 Å². The van der Waals surface area contributed by atoms with Crippen molar-refractivity contribution < 1.29 is 9.53 Å². The highest BCUT2D eigenvalue weighted by Crippen LogP contribution is 2.22. The molecule has 4 aromatic rings. The molecule has 140 valence electrons. The molecule has 0 radical (unpaired) electrons. The number of hydrogen-bond acceptors (Lipinski definition) is 3. The first-order valence-corrected chi connectivity index (χ1v) is 9.64. The molecular formula is C22H18BrN3O2. The van der Waals surface area contributed by atoms with Crippen LogP contribution in [-0.4, -0.2) is 23.2 Å². The quantitative estimate of drug-likeness (QED) is 0.342. The first-order chi connectivity index (χ1) is 13.6. The number of halogens is 1. The molecule has 28 heavy (non-hydrogen) atoms. The summed E-state index contributed by atoms with van der Waals surface area (Å²) < 4.78 is 6.74. The topological polar surface area (TPSA) is 66.5 Å². The van der Waals surface area contributed by atoms with E-state index in [2.05, 4.69) is 31.4 Å². The molecule has 0 aliphatic rings. The van der Waals surface area contributed by atoms with E-state index in [-0.39, 0.29) is 5.91 Å². The third-order valence-electron chi connectivity index (χ3n) is 4.46. The molecule has 1 aromatic heterocycles. The third-order valence-corrected chi connectivity index (χ3v) is 4.95. The van der Waals surface area contributed by atoms with Gasteiger partial charge in [-0.25, -0.2) is 5.43 Å². The number of ether oxygens (including phenoxy) is 1. The number of carbonyl (C=O) groups excluding carboxylic acids is 1. The Kier molecular flexibility index (Phi) is 5.12. The molecule has 2 N–H and O–H groups in total. The fourth-order valence-corrected chi connectivity index (χ4v) is 3.34. The summed E-state index contributed by atoms with van der Waals surface area (Å²) in [5.41, 5.74) is 4.43. The first-order valence-electron chi connectivity index (χ1n) is 8.85. The zero-order valence-corrected chi connectivity index (χ0v) is 16.7. The summed E-state index contributed by atoms with van der Waals surface area (Å²) in [5.74, 6) is 0.331. The van der Waals surface area contributed by atoms with Crippen LogP contribution in [0.4, 0.5) is 0 Å². The molecule has 3 aromatic carbocycles. The Morgan fingerprint density at radius 2 is 1.96 bits per heavy atom. The van der Waals surface area contributed by atoms with Crippen molar-refractivity contribution >= 4 is 49.7 Å². The van der Waals surface area contributed by atoms with Crippen LogP contribution < -0.4 is 10.2 Å². The van der Waals surface area contributed by atoms with E-state index < -0.39 is 6.10 Å². The van der Waals surface area contributed by atoms with Crippen molar-refractivity contribution in [2.45, 2.75) is 13.0 Å². The number of nitrogens with zero attached hydrogens (tertiary/aromatic N) is 1. The highest BCUT2D eigenvalue weighted by Gasteiger charge is 2.14. The second kappa shape index (κ2) is 7.86. The molecule has 6 heteroatoms. The minimum Gasteiger partial charge on any atom is -0.481 e. The van der Waals surface area contributed by atoms with Gasteiger partial charge in [-0.2, -0.15) is 5.10 Å². The van der Waals surface area contributed by atoms with Crippen LogP contribution in [0.3, 0.4) is 0 Å². The van der Waals surface area contributed by atoms with E-state index in [0.29, 0.717) is 5.75 Å². The molecule has 1 atom stereocenters. The Bertz CT molecular complexity index is 1180. The lowest BCUT2D eigenvalue weighted by atomic mass is 10.1. The lowest BCUT2D eigenvalue weighted by Gasteiger charge is -2.13. The van der Waals surface area contributed by atoms with E-state index in [4.69, 9.17) is 4.74 Å². The summed E-state index contributed by atoms with van der Waals surface area (Å²) in [6, 6.07) is 19.7. The average molecular weight is 436 g/mol. The fraction of sp³-hybridized carbons (Fsp3) is 0.0909. The predicted molar refractivity (Wildman–Crippen MR) is 116 cm³/mol. The number of H-pyrrole nitrogens is 1. The molecule has 0 spiro atoms. The van der Waals surface area contributed by atoms with Gasteiger partial charge in [-0.15, -0.1) is 0 Å². The second-order valence-corrected chi connectivity index (χ2v) is 7.35. The number of nitrogens with one attached hydrogen (secondary N) is 2. The summed E-state index contributed by atoms with van der Waals surface area (Å²) in [6.07, 6.45) is 2.80. The zero-order valence-electron chi connectivity index (χ0n) is 15.1. The maximum atomic E-state index is 12.3. The van der Waals surface area contributed by atoms with Crippen molar-refractivity contribution in [3.05, 3.63) is 76.9 Å². The van der Waals surface area contributed by atoms with Crippen LogP contribution in [0.5, 0.6) is 5.75 Å². The molecule has 4 rings (SSSR count). The van der Waals surface area contributed by atoms with E-state index in [0.717, 1.165) is 31.7 Å². The number of fused-ring (bicyclic) bond motifs is 2. The lowest BCUT2D eigenvalue weighted by Crippen LogP contribution is -2.33. The van der Waals surface area contributed by atoms with Crippen molar-refractivity contribution in [3.63, 3.8) is 0 Å². The number of hydrogen-bond donors (Lipinski definition) is 2. The normalized spacial score (nSPS) is 12.5. The number of aromatic nitrogens is 1. The van der Waals surface area contributed by atoms with Crippen LogP contribution in [0.1, 0.15) is 12.5 Å². The minimum absolute atomic E-state index is 0.314. The van der Waals surface area contributed by atoms with Crippen molar-refractivity contribution in [1.82, 2.24) is 10.4 Å². The Hall–Kier alpha value is -3.12. The highest BCUT2D eigenvalue weighted by molar-refractivity contribution is 9.10. The molecule has 0 saturated heterocycles. The number of rotatable bonds is 5. The van der Waals surface area contributed by atoms with Crippen LogP contribution in [0, 0.1) is 0 Å². The predicted octanol–water partition coefficient (Wildman–Crippen LogP) is 5.00. The molecule has 1 amide bonds. The largest absolute Gasteiger partial charge is 0.481 e. The van der Waals surface area contributed by atoms with E-state index in [1.165, 1.54) is 0 Å². The Morgan fingerprint density at radius 3 is 2.82 bits per heavy atom. The van der Waals surface area contributed by atoms with Gasteiger partial charge in [0.05, 0.1) is 6.21 Å². The molecule has 0 aliphatic carbocycles. The first kappa shape index (κ1) is 18.3. The molecule has 0 saturated carbocycles. The van der Waals surface area contributed by atoms with Crippen LogP contribution in [-0.2, 0) is 4.79 Å². The van der Waals surface area contributed by atoms with Crippen molar-refractivity contribution in [1.29, 1.82) is 0 Å². The second-order valence-electron chi connectivity index (χ2n) is 6.44. The van der Waals surface area contributed by atoms with Gasteiger partial charge in [0.1, 0.15) is 5.75 Å². The van der Waals surface area contributed by atoms with Gasteiger partial charge in [-0.05, 0) is 48.0 Å². The van der Waals surface area contributed by atoms with Crippen LogP contribution in [0.15, 0.2) is 76.4 Å². The molecule has 0 fully saturated rings. The standard InChI is InChI=1S/C22H18BrN3O2/c1-14(28-19-8-6-15-4-2-3-5-16(15)10-19)22(27)26-25-13-17-12-24-21-9-7-18(23)11-20(17)21/h2-14,24H,1H3,(H,26,27). The highest BCUT2D eigenvalue weighted by atomic mass is 79.9. The fourth-order valence-electron chi connectivity index (χ4n) is 2.98. The molecule has 0 aliphatic heterocycles. The summed E-state index contributed by atoms with van der Waals surface area (Å²) >= 11 is 3.46. The lowest BCUT2D eigenvalue weighted by molar-refractivity contribution is -0.127. The summed E-state index contributed by atoms with van der Waals surface area (Å²) in [4.78, 5) is 15.5. The van der Waals surface area contributed by atoms with Crippen LogP contribution in [0.25, 0.3) is 21.7 Å². The number of amides is 1. The number of aromatic amines is 1. The van der Waals surface area contributed by atoms with E-state index in [1.807, 2.05) is 66.9 Å². The van der Waals surface area contributed by atoms with Crippen LogP contribution >= 0.6 is 15.9 Å². The number of hydrazone groups is 1. The monoisotopic (exact) mass is 435 g/mol. The smallest absolute Gasteiger partial charge is 0.280 e. The zero-order chi connectivity index (χ0) is 19.5. The van der Waals surface area contributed by atoms with Gasteiger partial charge < -0.3 is 9.72 Å². The SMILES string of the molecule is CC(Oc1ccc2ccccc2c1)C(=O)NN=Cc1c[nH]c2ccc(Br)cc12. The van der Waals surface area contributed by atoms with Gasteiger partial charge in [-0.3, -0.25) is 4.79 Å². The average Bonchev–Trinajstić information content (AvgIpc) is 3.10. The van der Waals surface area contributed by atoms with Crippen LogP contribution in [0.2, 0.25) is 0 Å². The van der Waals surface area contributed by atoms with Gasteiger partial charge in [0.15, 0.2) is 6.10 Å². The van der Waals surface area contributed by atoms with Gasteiger partial charge in [0.25, 0.3) is 5.91 Å². The van der Waals surface area contributed by atoms with E-state index in [1.54, 1.807) is 13.1 Å². The Labute approximate surface area is 170 Å². The maximum absolute atomic E-state index is 12.3. The number of carbonyl (C=O) groups is 1. The van der Waals surface area contributed by atoms with Gasteiger partial charge in [-0.1, -0.05) is 46.3 Å². The maximum Gasteiger partial charge on any atom is 0.280 e. The molecular weight excluding hydrogens is 418 g/mol. The van der Waals surface area contributed by atoms with Crippen molar-refractivity contribution in [2.75, 3.05) is 0 Å². The van der Waals surface area contributed by atoms with E-state index in [9.17, 15) is 4.79 Å². The minimum atomic E-state index is -0.671. The van der Waals surface area contributed by atoms with Crippen molar-refractivity contribution in [3.8, 4) is 5.75 Å². The van der Waals surface area contributed by atoms with Gasteiger partial charge >= 0.3 is 0 Å². The van der Waals surface area contributed by atoms with Gasteiger partial charge in [0, 0.05) is 27.1 Å². The third kappa shape index (κ3) is 3.92. The molecule has 5 nitrogen and oxygen atoms in total. The molecule has 1 unspecified atom stereocenters. The Morgan fingerprint density at radius 1 is 1.14 bits per heavy atom. The molecule has 0 bridgehead atoms. The summed E-state index contributed by atoms with van der Waals surface area (Å²) in [6.45, 7) is 1.70. The number of benzene rings is 3. The van der Waals surface area contributed by atoms with E-state index >= 15 is 0 Å².